The van der Waals surface area contributed by atoms with Gasteiger partial charge in [-0.15, -0.1) is 11.3 Å². The standard InChI is InChI=1S/C25H29N3O2S2/c1-19(25-26-10-13-32-25)27(2)17-22-16-21(20-6-4-3-5-7-20)8-9-23(22)30-18-24(29)28-11-14-31-15-12-28/h3-10,13,16,19H,11-12,14-15,17-18H2,1-2H3/t19-/m1/s1. The summed E-state index contributed by atoms with van der Waals surface area (Å²) in [5, 5.41) is 3.10. The molecule has 0 aliphatic carbocycles. The van der Waals surface area contributed by atoms with Crippen LogP contribution in [0.3, 0.4) is 0 Å². The van der Waals surface area contributed by atoms with Crippen molar-refractivity contribution in [1.29, 1.82) is 0 Å². The zero-order chi connectivity index (χ0) is 22.3. The molecule has 2 aromatic carbocycles. The first kappa shape index (κ1) is 22.8. The van der Waals surface area contributed by atoms with Gasteiger partial charge in [0.1, 0.15) is 10.8 Å². The second-order valence-corrected chi connectivity index (χ2v) is 10.1. The van der Waals surface area contributed by atoms with Crippen molar-refractivity contribution < 1.29 is 9.53 Å². The molecule has 1 aromatic heterocycles. The number of rotatable bonds is 8. The van der Waals surface area contributed by atoms with Gasteiger partial charge in [-0.05, 0) is 37.2 Å². The minimum absolute atomic E-state index is 0.0629. The molecule has 1 fully saturated rings. The Hall–Kier alpha value is -2.35. The highest BCUT2D eigenvalue weighted by Crippen LogP contribution is 2.30. The Morgan fingerprint density at radius 3 is 2.66 bits per heavy atom. The van der Waals surface area contributed by atoms with E-state index >= 15 is 0 Å². The van der Waals surface area contributed by atoms with Crippen molar-refractivity contribution in [2.75, 3.05) is 38.2 Å². The van der Waals surface area contributed by atoms with Crippen LogP contribution in [-0.4, -0.2) is 58.9 Å². The summed E-state index contributed by atoms with van der Waals surface area (Å²) in [4.78, 5) is 21.3. The van der Waals surface area contributed by atoms with Crippen LogP contribution in [0.2, 0.25) is 0 Å². The molecule has 32 heavy (non-hydrogen) atoms. The van der Waals surface area contributed by atoms with Crippen LogP contribution in [0, 0.1) is 0 Å². The number of hydrogen-bond donors (Lipinski definition) is 0. The molecule has 0 unspecified atom stereocenters. The molecule has 0 spiro atoms. The Kier molecular flexibility index (Phi) is 7.84. The normalized spacial score (nSPS) is 15.0. The highest BCUT2D eigenvalue weighted by Gasteiger charge is 2.20. The van der Waals surface area contributed by atoms with Crippen LogP contribution in [0.4, 0.5) is 0 Å². The minimum Gasteiger partial charge on any atom is -0.483 e. The monoisotopic (exact) mass is 467 g/mol. The van der Waals surface area contributed by atoms with Crippen LogP contribution in [0.25, 0.3) is 11.1 Å². The molecule has 3 aromatic rings. The van der Waals surface area contributed by atoms with E-state index in [4.69, 9.17) is 4.74 Å². The fourth-order valence-electron chi connectivity index (χ4n) is 3.73. The van der Waals surface area contributed by atoms with Crippen molar-refractivity contribution in [3.05, 3.63) is 70.7 Å². The van der Waals surface area contributed by atoms with E-state index in [0.717, 1.165) is 52.0 Å². The van der Waals surface area contributed by atoms with Gasteiger partial charge in [0, 0.05) is 48.3 Å². The Morgan fingerprint density at radius 2 is 1.94 bits per heavy atom. The smallest absolute Gasteiger partial charge is 0.260 e. The predicted octanol–water partition coefficient (Wildman–Crippen LogP) is 4.96. The summed E-state index contributed by atoms with van der Waals surface area (Å²) in [6, 6.07) is 16.8. The number of thioether (sulfide) groups is 1. The molecular formula is C25H29N3O2S2. The molecule has 0 radical (unpaired) electrons. The van der Waals surface area contributed by atoms with E-state index in [9.17, 15) is 4.79 Å². The fraction of sp³-hybridized carbons (Fsp3) is 0.360. The van der Waals surface area contributed by atoms with Crippen molar-refractivity contribution in [3.63, 3.8) is 0 Å². The minimum atomic E-state index is 0.0629. The van der Waals surface area contributed by atoms with Crippen LogP contribution < -0.4 is 4.74 Å². The number of thiazole rings is 1. The summed E-state index contributed by atoms with van der Waals surface area (Å²) < 4.78 is 6.08. The van der Waals surface area contributed by atoms with Crippen LogP contribution in [-0.2, 0) is 11.3 Å². The fourth-order valence-corrected chi connectivity index (χ4v) is 5.40. The highest BCUT2D eigenvalue weighted by molar-refractivity contribution is 7.99. The van der Waals surface area contributed by atoms with Gasteiger partial charge in [-0.1, -0.05) is 36.4 Å². The van der Waals surface area contributed by atoms with E-state index in [1.54, 1.807) is 11.3 Å². The number of amides is 1. The molecule has 1 saturated heterocycles. The first-order valence-corrected chi connectivity index (χ1v) is 12.9. The zero-order valence-corrected chi connectivity index (χ0v) is 20.2. The molecule has 0 saturated carbocycles. The molecular weight excluding hydrogens is 438 g/mol. The van der Waals surface area contributed by atoms with Crippen LogP contribution >= 0.6 is 23.1 Å². The van der Waals surface area contributed by atoms with Gasteiger partial charge in [0.05, 0.1) is 6.04 Å². The molecule has 4 rings (SSSR count). The van der Waals surface area contributed by atoms with E-state index in [1.807, 2.05) is 52.5 Å². The summed E-state index contributed by atoms with van der Waals surface area (Å²) in [7, 11) is 2.10. The first-order valence-electron chi connectivity index (χ1n) is 10.9. The Balaban J connectivity index is 1.53. The van der Waals surface area contributed by atoms with Crippen LogP contribution in [0.15, 0.2) is 60.1 Å². The summed E-state index contributed by atoms with van der Waals surface area (Å²) in [6.07, 6.45) is 1.85. The van der Waals surface area contributed by atoms with Gasteiger partial charge >= 0.3 is 0 Å². The maximum Gasteiger partial charge on any atom is 0.260 e. The summed E-state index contributed by atoms with van der Waals surface area (Å²) in [6.45, 7) is 4.55. The summed E-state index contributed by atoms with van der Waals surface area (Å²) in [5.74, 6) is 2.83. The van der Waals surface area contributed by atoms with Gasteiger partial charge in [0.15, 0.2) is 6.61 Å². The van der Waals surface area contributed by atoms with Gasteiger partial charge in [0.2, 0.25) is 0 Å². The summed E-state index contributed by atoms with van der Waals surface area (Å²) >= 11 is 3.56. The molecule has 2 heterocycles. The SMILES string of the molecule is C[C@H](c1nccs1)N(C)Cc1cc(-c2ccccc2)ccc1OCC(=O)N1CCSCC1. The highest BCUT2D eigenvalue weighted by atomic mass is 32.2. The average molecular weight is 468 g/mol. The lowest BCUT2D eigenvalue weighted by Crippen LogP contribution is -2.40. The lowest BCUT2D eigenvalue weighted by atomic mass is 10.0. The number of carbonyl (C=O) groups is 1. The molecule has 7 heteroatoms. The van der Waals surface area contributed by atoms with E-state index in [1.165, 1.54) is 0 Å². The third-order valence-corrected chi connectivity index (χ3v) is 7.66. The van der Waals surface area contributed by atoms with E-state index in [-0.39, 0.29) is 18.6 Å². The van der Waals surface area contributed by atoms with Crippen molar-refractivity contribution in [3.8, 4) is 16.9 Å². The molecule has 0 N–H and O–H groups in total. The van der Waals surface area contributed by atoms with Crippen LogP contribution in [0.5, 0.6) is 5.75 Å². The second kappa shape index (κ2) is 11.0. The molecule has 1 aliphatic heterocycles. The largest absolute Gasteiger partial charge is 0.483 e. The third-order valence-electron chi connectivity index (χ3n) is 5.77. The number of carbonyl (C=O) groups excluding carboxylic acids is 1. The van der Waals surface area contributed by atoms with E-state index in [0.29, 0.717) is 6.54 Å². The van der Waals surface area contributed by atoms with Crippen molar-refractivity contribution in [1.82, 2.24) is 14.8 Å². The maximum absolute atomic E-state index is 12.6. The number of benzene rings is 2. The lowest BCUT2D eigenvalue weighted by molar-refractivity contribution is -0.133. The maximum atomic E-state index is 12.6. The number of aromatic nitrogens is 1. The van der Waals surface area contributed by atoms with E-state index in [2.05, 4.69) is 48.1 Å². The first-order chi connectivity index (χ1) is 15.6. The summed E-state index contributed by atoms with van der Waals surface area (Å²) in [5.41, 5.74) is 3.37. The number of hydrogen-bond acceptors (Lipinski definition) is 6. The molecule has 5 nitrogen and oxygen atoms in total. The van der Waals surface area contributed by atoms with Gasteiger partial charge in [0.25, 0.3) is 5.91 Å². The quantitative estimate of drug-likeness (QED) is 0.469. The van der Waals surface area contributed by atoms with Gasteiger partial charge in [-0.25, -0.2) is 4.98 Å². The number of ether oxygens (including phenoxy) is 1. The predicted molar refractivity (Wildman–Crippen MR) is 133 cm³/mol. The van der Waals surface area contributed by atoms with Crippen LogP contribution in [0.1, 0.15) is 23.5 Å². The lowest BCUT2D eigenvalue weighted by Gasteiger charge is -2.27. The van der Waals surface area contributed by atoms with Crippen molar-refractivity contribution in [2.24, 2.45) is 0 Å². The second-order valence-electron chi connectivity index (χ2n) is 7.93. The van der Waals surface area contributed by atoms with Crippen molar-refractivity contribution in [2.45, 2.75) is 19.5 Å². The zero-order valence-electron chi connectivity index (χ0n) is 18.6. The molecule has 0 bridgehead atoms. The molecule has 1 amide bonds. The van der Waals surface area contributed by atoms with Gasteiger partial charge in [-0.2, -0.15) is 11.8 Å². The molecule has 1 aliphatic rings. The van der Waals surface area contributed by atoms with Crippen molar-refractivity contribution >= 4 is 29.0 Å². The average Bonchev–Trinajstić information content (AvgIpc) is 3.38. The topological polar surface area (TPSA) is 45.7 Å². The van der Waals surface area contributed by atoms with E-state index < -0.39 is 0 Å². The Bertz CT molecular complexity index is 1010. The molecule has 168 valence electrons. The van der Waals surface area contributed by atoms with Gasteiger partial charge < -0.3 is 9.64 Å². The molecule has 1 atom stereocenters. The Morgan fingerprint density at radius 1 is 1.16 bits per heavy atom. The Labute approximate surface area is 198 Å². The van der Waals surface area contributed by atoms with Gasteiger partial charge in [-0.3, -0.25) is 9.69 Å². The number of nitrogens with zero attached hydrogens (tertiary/aromatic N) is 3. The third kappa shape index (κ3) is 5.71.